The van der Waals surface area contributed by atoms with Crippen molar-refractivity contribution in [2.75, 3.05) is 40.1 Å². The van der Waals surface area contributed by atoms with Gasteiger partial charge in [-0.05, 0) is 206 Å². The average molecular weight is 965 g/mol. The van der Waals surface area contributed by atoms with E-state index in [1.54, 1.807) is 7.11 Å². The van der Waals surface area contributed by atoms with Crippen LogP contribution in [0.3, 0.4) is 0 Å². The first kappa shape index (κ1) is 65.3. The Bertz CT molecular complexity index is 1760. The topological polar surface area (TPSA) is 73.8 Å². The monoisotopic (exact) mass is 965 g/mol. The van der Waals surface area contributed by atoms with Crippen molar-refractivity contribution in [3.8, 4) is 0 Å². The number of hydrogen-bond donors (Lipinski definition) is 0. The molecule has 3 aliphatic rings. The Morgan fingerprint density at radius 2 is 1.03 bits per heavy atom. The highest BCUT2D eigenvalue weighted by Gasteiger charge is 2.41. The highest BCUT2D eigenvalue weighted by molar-refractivity contribution is 6.63. The van der Waals surface area contributed by atoms with Gasteiger partial charge in [0.1, 0.15) is 0 Å². The maximum atomic E-state index is 6.40. The maximum Gasteiger partial charge on any atom is 0.494 e. The summed E-state index contributed by atoms with van der Waals surface area (Å²) >= 11 is 0. The van der Waals surface area contributed by atoms with E-state index in [-0.39, 0.29) is 65.4 Å². The molecular weight excluding hydrogens is 857 g/mol. The van der Waals surface area contributed by atoms with Crippen LogP contribution >= 0.6 is 0 Å². The van der Waals surface area contributed by atoms with Gasteiger partial charge >= 0.3 is 21.4 Å². The van der Waals surface area contributed by atoms with E-state index in [1.165, 1.54) is 85.8 Å². The largest absolute Gasteiger partial charge is 0.494 e. The summed E-state index contributed by atoms with van der Waals surface area (Å²) in [5, 5.41) is 0. The lowest BCUT2D eigenvalue weighted by atomic mass is 9.68. The molecule has 3 aliphatic heterocycles. The minimum absolute atomic E-state index is 0. The molecular formula is C58H107B3O8. The van der Waals surface area contributed by atoms with Crippen molar-refractivity contribution in [2.45, 2.75) is 236 Å². The second-order valence-corrected chi connectivity index (χ2v) is 22.8. The van der Waals surface area contributed by atoms with Gasteiger partial charge in [0.05, 0.1) is 18.8 Å². The molecule has 69 heavy (non-hydrogen) atoms. The molecule has 0 saturated carbocycles. The van der Waals surface area contributed by atoms with E-state index < -0.39 is 0 Å². The van der Waals surface area contributed by atoms with Crippen LogP contribution in [0.2, 0.25) is 6.32 Å². The maximum absolute atomic E-state index is 6.40. The van der Waals surface area contributed by atoms with Gasteiger partial charge in [0.25, 0.3) is 0 Å². The van der Waals surface area contributed by atoms with Gasteiger partial charge in [0, 0.05) is 56.6 Å². The fraction of sp³-hybridized carbons (Fsp3) is 0.793. The molecule has 8 nitrogen and oxygen atoms in total. The molecule has 3 fully saturated rings. The Kier molecular flexibility index (Phi) is 28.3. The predicted molar refractivity (Wildman–Crippen MR) is 299 cm³/mol. The molecule has 0 aromatic heterocycles. The van der Waals surface area contributed by atoms with Gasteiger partial charge in [-0.15, -0.1) is 0 Å². The molecule has 396 valence electrons. The van der Waals surface area contributed by atoms with E-state index in [0.29, 0.717) is 37.8 Å². The highest BCUT2D eigenvalue weighted by Crippen LogP contribution is 2.32. The number of methoxy groups -OCH3 is 1. The van der Waals surface area contributed by atoms with Crippen molar-refractivity contribution in [3.63, 3.8) is 0 Å². The lowest BCUT2D eigenvalue weighted by Crippen LogP contribution is -2.51. The quantitative estimate of drug-likeness (QED) is 0.145. The van der Waals surface area contributed by atoms with Gasteiger partial charge in [-0.3, -0.25) is 0 Å². The van der Waals surface area contributed by atoms with E-state index in [0.717, 1.165) is 51.1 Å². The summed E-state index contributed by atoms with van der Waals surface area (Å²) in [7, 11) is 1.28. The zero-order valence-corrected chi connectivity index (χ0v) is 47.2. The Morgan fingerprint density at radius 3 is 1.46 bits per heavy atom. The summed E-state index contributed by atoms with van der Waals surface area (Å²) in [5.74, 6) is 2.21. The van der Waals surface area contributed by atoms with Crippen molar-refractivity contribution >= 4 is 32.3 Å². The fourth-order valence-corrected chi connectivity index (χ4v) is 9.79. The van der Waals surface area contributed by atoms with Crippen LogP contribution < -0.4 is 10.9 Å². The van der Waals surface area contributed by atoms with Gasteiger partial charge in [0.2, 0.25) is 0 Å². The van der Waals surface area contributed by atoms with Crippen molar-refractivity contribution < 1.29 is 37.4 Å². The second kappa shape index (κ2) is 29.9. The van der Waals surface area contributed by atoms with Crippen molar-refractivity contribution in [2.24, 2.45) is 28.6 Å². The lowest BCUT2D eigenvalue weighted by molar-refractivity contribution is -0.0646. The Labute approximate surface area is 428 Å². The number of rotatable bonds is 17. The van der Waals surface area contributed by atoms with Crippen LogP contribution in [0, 0.1) is 97.8 Å². The molecule has 5 rings (SSSR count). The third-order valence-electron chi connectivity index (χ3n) is 16.0. The van der Waals surface area contributed by atoms with Gasteiger partial charge in [-0.1, -0.05) is 90.0 Å². The first-order chi connectivity index (χ1) is 31.3. The highest BCUT2D eigenvalue weighted by atomic mass is 16.6. The molecule has 7 atom stereocenters. The lowest BCUT2D eigenvalue weighted by Gasteiger charge is -2.39. The average Bonchev–Trinajstić information content (AvgIpc) is 3.29. The summed E-state index contributed by atoms with van der Waals surface area (Å²) in [6, 6.07) is 0. The molecule has 2 aromatic rings. The second-order valence-electron chi connectivity index (χ2n) is 22.8. The normalized spacial score (nSPS) is 21.0. The van der Waals surface area contributed by atoms with Crippen LogP contribution in [0.4, 0.5) is 0 Å². The summed E-state index contributed by atoms with van der Waals surface area (Å²) in [4.78, 5) is 0. The van der Waals surface area contributed by atoms with E-state index in [4.69, 9.17) is 37.4 Å². The number of hydrogen-bond acceptors (Lipinski definition) is 8. The zero-order chi connectivity index (χ0) is 50.6. The third-order valence-corrected chi connectivity index (χ3v) is 16.0. The zero-order valence-electron chi connectivity index (χ0n) is 47.2. The van der Waals surface area contributed by atoms with Crippen LogP contribution in [0.1, 0.15) is 192 Å². The number of benzene rings is 2. The third kappa shape index (κ3) is 18.9. The summed E-state index contributed by atoms with van der Waals surface area (Å²) < 4.78 is 48.2. The smallest absolute Gasteiger partial charge is 0.410 e. The van der Waals surface area contributed by atoms with Crippen LogP contribution in [0.25, 0.3) is 0 Å². The molecule has 0 amide bonds. The van der Waals surface area contributed by atoms with Crippen molar-refractivity contribution in [3.05, 3.63) is 55.6 Å². The minimum Gasteiger partial charge on any atom is -0.410 e. The summed E-state index contributed by atoms with van der Waals surface area (Å²) in [6.45, 7) is 50.0. The van der Waals surface area contributed by atoms with E-state index in [1.807, 2.05) is 0 Å². The Hall–Kier alpha value is -1.69. The van der Waals surface area contributed by atoms with Gasteiger partial charge in [-0.25, -0.2) is 0 Å². The predicted octanol–water partition coefficient (Wildman–Crippen LogP) is 13.6. The first-order valence-corrected chi connectivity index (χ1v) is 26.4. The molecule has 11 heteroatoms. The van der Waals surface area contributed by atoms with Gasteiger partial charge < -0.3 is 37.4 Å². The first-order valence-electron chi connectivity index (χ1n) is 26.4. The molecule has 0 aliphatic carbocycles. The van der Waals surface area contributed by atoms with E-state index in [9.17, 15) is 0 Å². The van der Waals surface area contributed by atoms with E-state index in [2.05, 4.69) is 145 Å². The van der Waals surface area contributed by atoms with E-state index >= 15 is 0 Å². The molecule has 3 saturated heterocycles. The molecule has 3 heterocycles. The molecule has 2 aromatic carbocycles. The van der Waals surface area contributed by atoms with Gasteiger partial charge in [-0.2, -0.15) is 0 Å². The standard InChI is InChI=1S/C23H39BO4.C20H33BO2.C13H27BO2.2CH4/c1-10-15(2)26-12-21(25-9)11-23(8)13-27-24(28-14-23)22-19(6)17(4)16(3)18(5)20(22)7;1-9-12(2)10-19-11-13(3)22-21(23-19)20-17(7)15(5)14(4)16(6)18(20)8;1-6-11(2)7-12(3)8-14-15-9-13(4,5)10-16-14;;/h15,21H,10-14H2,1-9H3;12-13,19H,9-11H2,1-8H3;11-12H,6-10H2,1-5H3;2*1H4. The number of ether oxygens (including phenoxy) is 2. The molecule has 7 unspecified atom stereocenters. The van der Waals surface area contributed by atoms with Gasteiger partial charge in [0.15, 0.2) is 0 Å². The minimum atomic E-state index is -0.288. The Morgan fingerprint density at radius 1 is 0.580 bits per heavy atom. The van der Waals surface area contributed by atoms with Crippen LogP contribution in [0.5, 0.6) is 0 Å². The summed E-state index contributed by atoms with van der Waals surface area (Å²) in [5.41, 5.74) is 15.9. The van der Waals surface area contributed by atoms with Crippen molar-refractivity contribution in [1.82, 2.24) is 0 Å². The fourth-order valence-electron chi connectivity index (χ4n) is 9.79. The Balaban J connectivity index is 0.000000528. The van der Waals surface area contributed by atoms with Crippen LogP contribution in [0.15, 0.2) is 0 Å². The summed E-state index contributed by atoms with van der Waals surface area (Å²) in [6.07, 6.45) is 9.66. The SMILES string of the molecule is C.C.CCC(C)CC(C)CB1OCC(C)(C)CO1.CCC(C)CC1CC(C)OB(c2c(C)c(C)c(C)c(C)c2C)O1.CCC(C)OCC(CC1(C)COB(c2c(C)c(C)c(C)c(C)c2C)OC1)OC. The molecule has 0 radical (unpaired) electrons. The molecule has 0 N–H and O–H groups in total. The molecule has 0 bridgehead atoms. The van der Waals surface area contributed by atoms with Crippen LogP contribution in [-0.2, 0) is 37.4 Å². The van der Waals surface area contributed by atoms with Crippen molar-refractivity contribution in [1.29, 1.82) is 0 Å². The van der Waals surface area contributed by atoms with Crippen LogP contribution in [-0.4, -0.2) is 85.9 Å². The molecule has 0 spiro atoms.